The molecule has 0 aromatic heterocycles. The molecule has 1 aromatic rings. The van der Waals surface area contributed by atoms with Crippen molar-refractivity contribution in [1.82, 2.24) is 0 Å². The summed E-state index contributed by atoms with van der Waals surface area (Å²) in [7, 11) is 0. The van der Waals surface area contributed by atoms with Crippen LogP contribution in [0.1, 0.15) is 53.4 Å². The number of amides is 1. The van der Waals surface area contributed by atoms with Crippen LogP contribution in [0.3, 0.4) is 0 Å². The van der Waals surface area contributed by atoms with Gasteiger partial charge in [0.05, 0.1) is 21.6 Å². The van der Waals surface area contributed by atoms with Crippen molar-refractivity contribution >= 4 is 34.9 Å². The quantitative estimate of drug-likeness (QED) is 0.419. The molecule has 0 spiro atoms. The van der Waals surface area contributed by atoms with E-state index in [1.807, 2.05) is 0 Å². The van der Waals surface area contributed by atoms with Crippen molar-refractivity contribution in [2.75, 3.05) is 5.32 Å². The monoisotopic (exact) mass is 410 g/mol. The molecule has 1 aromatic carbocycles. The van der Waals surface area contributed by atoms with Gasteiger partial charge >= 0.3 is 5.97 Å². The van der Waals surface area contributed by atoms with Crippen molar-refractivity contribution in [2.45, 2.75) is 59.5 Å². The highest BCUT2D eigenvalue weighted by molar-refractivity contribution is 6.33. The molecule has 0 heterocycles. The van der Waals surface area contributed by atoms with Gasteiger partial charge in [0.15, 0.2) is 6.10 Å². The fraction of sp³-hybridized carbons (Fsp3) is 0.600. The Labute approximate surface area is 169 Å². The molecule has 0 aliphatic heterocycles. The van der Waals surface area contributed by atoms with E-state index in [4.69, 9.17) is 16.3 Å². The maximum Gasteiger partial charge on any atom is 0.309 e. The number of carbonyl (C=O) groups is 2. The van der Waals surface area contributed by atoms with E-state index in [9.17, 15) is 19.7 Å². The van der Waals surface area contributed by atoms with Gasteiger partial charge in [-0.2, -0.15) is 0 Å². The van der Waals surface area contributed by atoms with Crippen LogP contribution in [0.5, 0.6) is 0 Å². The van der Waals surface area contributed by atoms with Crippen LogP contribution in [-0.2, 0) is 14.3 Å². The van der Waals surface area contributed by atoms with Gasteiger partial charge in [-0.25, -0.2) is 0 Å². The average molecular weight is 411 g/mol. The molecule has 7 nitrogen and oxygen atoms in total. The first kappa shape index (κ1) is 22.1. The van der Waals surface area contributed by atoms with E-state index in [1.54, 1.807) is 0 Å². The van der Waals surface area contributed by atoms with Crippen LogP contribution in [-0.4, -0.2) is 22.9 Å². The Hall–Kier alpha value is -2.15. The normalized spacial score (nSPS) is 20.9. The first-order chi connectivity index (χ1) is 13.0. The van der Waals surface area contributed by atoms with Gasteiger partial charge in [-0.15, -0.1) is 0 Å². The van der Waals surface area contributed by atoms with E-state index in [0.717, 1.165) is 25.7 Å². The fourth-order valence-electron chi connectivity index (χ4n) is 3.48. The van der Waals surface area contributed by atoms with Gasteiger partial charge in [-0.05, 0) is 50.0 Å². The predicted molar refractivity (Wildman–Crippen MR) is 107 cm³/mol. The first-order valence-electron chi connectivity index (χ1n) is 9.44. The third kappa shape index (κ3) is 5.67. The number of carbonyl (C=O) groups excluding carboxylic acids is 2. The minimum absolute atomic E-state index is 0.106. The molecule has 154 valence electrons. The van der Waals surface area contributed by atoms with Crippen molar-refractivity contribution in [3.05, 3.63) is 33.3 Å². The molecule has 1 atom stereocenters. The first-order valence-corrected chi connectivity index (χ1v) is 9.82. The predicted octanol–water partition coefficient (Wildman–Crippen LogP) is 4.97. The van der Waals surface area contributed by atoms with E-state index in [2.05, 4.69) is 26.1 Å². The smallest absolute Gasteiger partial charge is 0.309 e. The molecule has 1 aliphatic carbocycles. The molecule has 0 saturated heterocycles. The molecular formula is C20H27ClN2O5. The number of halogens is 1. The van der Waals surface area contributed by atoms with E-state index < -0.39 is 16.9 Å². The minimum atomic E-state index is -1.02. The SMILES string of the molecule is CC(OC(=O)C1CCC(C(C)(C)C)CC1)C(=O)Nc1cc([N+](=O)[O-])ccc1Cl. The number of anilines is 1. The van der Waals surface area contributed by atoms with Gasteiger partial charge in [-0.3, -0.25) is 19.7 Å². The Morgan fingerprint density at radius 3 is 2.39 bits per heavy atom. The number of nitrogens with zero attached hydrogens (tertiary/aromatic N) is 1. The molecule has 0 radical (unpaired) electrons. The number of esters is 1. The van der Waals surface area contributed by atoms with Crippen LogP contribution >= 0.6 is 11.6 Å². The van der Waals surface area contributed by atoms with Gasteiger partial charge < -0.3 is 10.1 Å². The van der Waals surface area contributed by atoms with Crippen LogP contribution in [0.2, 0.25) is 5.02 Å². The van der Waals surface area contributed by atoms with Crippen LogP contribution in [0.4, 0.5) is 11.4 Å². The Kier molecular flexibility index (Phi) is 7.04. The van der Waals surface area contributed by atoms with Crippen LogP contribution in [0.25, 0.3) is 0 Å². The van der Waals surface area contributed by atoms with Crippen molar-refractivity contribution in [1.29, 1.82) is 0 Å². The van der Waals surface area contributed by atoms with Gasteiger partial charge in [-0.1, -0.05) is 32.4 Å². The highest BCUT2D eigenvalue weighted by Crippen LogP contribution is 2.40. The van der Waals surface area contributed by atoms with E-state index >= 15 is 0 Å². The molecule has 0 bridgehead atoms. The maximum absolute atomic E-state index is 12.4. The van der Waals surface area contributed by atoms with Gasteiger partial charge in [0, 0.05) is 12.1 Å². The second kappa shape index (κ2) is 8.90. The fourth-order valence-corrected chi connectivity index (χ4v) is 3.64. The molecular weight excluding hydrogens is 384 g/mol. The number of hydrogen-bond acceptors (Lipinski definition) is 5. The second-order valence-electron chi connectivity index (χ2n) is 8.40. The Morgan fingerprint density at radius 2 is 1.86 bits per heavy atom. The number of rotatable bonds is 5. The van der Waals surface area contributed by atoms with Crippen LogP contribution < -0.4 is 5.32 Å². The lowest BCUT2D eigenvalue weighted by atomic mass is 9.70. The maximum atomic E-state index is 12.4. The Bertz CT molecular complexity index is 751. The number of hydrogen-bond donors (Lipinski definition) is 1. The van der Waals surface area contributed by atoms with Gasteiger partial charge in [0.2, 0.25) is 0 Å². The zero-order valence-electron chi connectivity index (χ0n) is 16.7. The Morgan fingerprint density at radius 1 is 1.25 bits per heavy atom. The topological polar surface area (TPSA) is 98.5 Å². The molecule has 28 heavy (non-hydrogen) atoms. The summed E-state index contributed by atoms with van der Waals surface area (Å²) in [4.78, 5) is 35.0. The van der Waals surface area contributed by atoms with E-state index in [1.165, 1.54) is 25.1 Å². The molecule has 1 aliphatic rings. The summed E-state index contributed by atoms with van der Waals surface area (Å²) in [6, 6.07) is 3.75. The van der Waals surface area contributed by atoms with Gasteiger partial charge in [0.1, 0.15) is 0 Å². The summed E-state index contributed by atoms with van der Waals surface area (Å²) < 4.78 is 5.33. The number of nitro benzene ring substituents is 1. The molecule has 2 rings (SSSR count). The van der Waals surface area contributed by atoms with E-state index in [-0.39, 0.29) is 33.7 Å². The number of non-ortho nitro benzene ring substituents is 1. The molecule has 1 fully saturated rings. The third-order valence-electron chi connectivity index (χ3n) is 5.37. The number of nitro groups is 1. The standard InChI is InChI=1S/C20H27ClN2O5/c1-12(18(24)22-17-11-15(23(26)27)9-10-16(17)21)28-19(25)13-5-7-14(8-6-13)20(2,3)4/h9-14H,5-8H2,1-4H3,(H,22,24). The summed E-state index contributed by atoms with van der Waals surface area (Å²) in [6.45, 7) is 8.10. The van der Waals surface area contributed by atoms with Crippen molar-refractivity contribution in [3.63, 3.8) is 0 Å². The molecule has 1 N–H and O–H groups in total. The Balaban J connectivity index is 1.91. The highest BCUT2D eigenvalue weighted by atomic mass is 35.5. The molecule has 1 saturated carbocycles. The molecule has 1 unspecified atom stereocenters. The van der Waals surface area contributed by atoms with Crippen LogP contribution in [0, 0.1) is 27.4 Å². The number of ether oxygens (including phenoxy) is 1. The van der Waals surface area contributed by atoms with E-state index in [0.29, 0.717) is 5.92 Å². The largest absolute Gasteiger partial charge is 0.452 e. The summed E-state index contributed by atoms with van der Waals surface area (Å²) >= 11 is 5.98. The lowest BCUT2D eigenvalue weighted by Crippen LogP contribution is -2.34. The summed E-state index contributed by atoms with van der Waals surface area (Å²) in [6.07, 6.45) is 2.42. The summed E-state index contributed by atoms with van der Waals surface area (Å²) in [5.41, 5.74) is 0.133. The number of benzene rings is 1. The van der Waals surface area contributed by atoms with Crippen molar-refractivity contribution < 1.29 is 19.2 Å². The minimum Gasteiger partial charge on any atom is -0.452 e. The lowest BCUT2D eigenvalue weighted by molar-refractivity contribution is -0.384. The zero-order chi connectivity index (χ0) is 21.1. The van der Waals surface area contributed by atoms with Crippen LogP contribution in [0.15, 0.2) is 18.2 Å². The van der Waals surface area contributed by atoms with Crippen molar-refractivity contribution in [2.24, 2.45) is 17.3 Å². The lowest BCUT2D eigenvalue weighted by Gasteiger charge is -2.36. The number of nitrogens with one attached hydrogen (secondary N) is 1. The third-order valence-corrected chi connectivity index (χ3v) is 5.70. The zero-order valence-corrected chi connectivity index (χ0v) is 17.4. The molecule has 1 amide bonds. The second-order valence-corrected chi connectivity index (χ2v) is 8.81. The highest BCUT2D eigenvalue weighted by Gasteiger charge is 2.34. The summed E-state index contributed by atoms with van der Waals surface area (Å²) in [5.74, 6) is -0.581. The van der Waals surface area contributed by atoms with Crippen molar-refractivity contribution in [3.8, 4) is 0 Å². The van der Waals surface area contributed by atoms with Gasteiger partial charge in [0.25, 0.3) is 11.6 Å². The molecule has 8 heteroatoms. The summed E-state index contributed by atoms with van der Waals surface area (Å²) in [5, 5.41) is 13.5. The average Bonchev–Trinajstić information content (AvgIpc) is 2.62.